The molecule has 1 aliphatic rings. The summed E-state index contributed by atoms with van der Waals surface area (Å²) in [6.07, 6.45) is 4.00. The van der Waals surface area contributed by atoms with Gasteiger partial charge in [0, 0.05) is 24.2 Å². The Kier molecular flexibility index (Phi) is 1.98. The van der Waals surface area contributed by atoms with Crippen LogP contribution in [0.15, 0.2) is 30.5 Å². The zero-order valence-corrected chi connectivity index (χ0v) is 10.7. The molecule has 0 bridgehead atoms. The Morgan fingerprint density at radius 2 is 2.05 bits per heavy atom. The van der Waals surface area contributed by atoms with Gasteiger partial charge in [-0.15, -0.1) is 0 Å². The Morgan fingerprint density at radius 3 is 2.95 bits per heavy atom. The van der Waals surface area contributed by atoms with Gasteiger partial charge >= 0.3 is 0 Å². The molecule has 0 fully saturated rings. The number of nitrogens with zero attached hydrogens (tertiary/aromatic N) is 3. The number of para-hydroxylation sites is 1. The average molecular weight is 250 g/mol. The van der Waals surface area contributed by atoms with Gasteiger partial charge in [0.2, 0.25) is 0 Å². The molecular weight excluding hydrogens is 236 g/mol. The zero-order valence-electron chi connectivity index (χ0n) is 10.7. The van der Waals surface area contributed by atoms with E-state index in [0.717, 1.165) is 46.4 Å². The minimum absolute atomic E-state index is 0.806. The molecule has 4 heteroatoms. The standard InChI is InChI=1S/C15H14N4/c1-19-8-9-6-7-12-13(15(9)18-19)14(16)10-4-2-3-5-11(10)17-12/h2-5,8H,6-7H2,1H3,(H2,16,17). The molecule has 0 aliphatic heterocycles. The molecule has 0 saturated carbocycles. The molecule has 0 spiro atoms. The van der Waals surface area contributed by atoms with Gasteiger partial charge in [0.1, 0.15) is 0 Å². The molecule has 4 nitrogen and oxygen atoms in total. The number of hydrogen-bond donors (Lipinski definition) is 1. The summed E-state index contributed by atoms with van der Waals surface area (Å²) in [5.74, 6) is 0. The summed E-state index contributed by atoms with van der Waals surface area (Å²) in [6, 6.07) is 8.03. The zero-order chi connectivity index (χ0) is 13.0. The maximum Gasteiger partial charge on any atom is 0.0994 e. The van der Waals surface area contributed by atoms with E-state index < -0.39 is 0 Å². The molecular formula is C15H14N4. The van der Waals surface area contributed by atoms with Crippen LogP contribution in [0.3, 0.4) is 0 Å². The lowest BCUT2D eigenvalue weighted by Gasteiger charge is -2.17. The summed E-state index contributed by atoms with van der Waals surface area (Å²) < 4.78 is 1.86. The average Bonchev–Trinajstić information content (AvgIpc) is 2.79. The van der Waals surface area contributed by atoms with Gasteiger partial charge in [-0.05, 0) is 24.5 Å². The number of nitrogen functional groups attached to an aromatic ring is 1. The van der Waals surface area contributed by atoms with Gasteiger partial charge in [-0.25, -0.2) is 0 Å². The van der Waals surface area contributed by atoms with Crippen molar-refractivity contribution in [2.75, 3.05) is 5.73 Å². The summed E-state index contributed by atoms with van der Waals surface area (Å²) in [7, 11) is 1.95. The maximum absolute atomic E-state index is 6.37. The first-order valence-electron chi connectivity index (χ1n) is 6.44. The third kappa shape index (κ3) is 1.40. The normalized spacial score (nSPS) is 13.3. The third-order valence-electron chi connectivity index (χ3n) is 3.78. The fourth-order valence-electron chi connectivity index (χ4n) is 2.92. The molecule has 2 N–H and O–H groups in total. The largest absolute Gasteiger partial charge is 0.398 e. The van der Waals surface area contributed by atoms with Crippen molar-refractivity contribution in [3.05, 3.63) is 41.7 Å². The van der Waals surface area contributed by atoms with E-state index in [0.29, 0.717) is 0 Å². The number of hydrogen-bond acceptors (Lipinski definition) is 3. The number of anilines is 1. The number of aromatic nitrogens is 3. The molecule has 4 rings (SSSR count). The first-order valence-corrected chi connectivity index (χ1v) is 6.44. The quantitative estimate of drug-likeness (QED) is 0.666. The number of benzene rings is 1. The summed E-state index contributed by atoms with van der Waals surface area (Å²) in [5, 5.41) is 5.57. The van der Waals surface area contributed by atoms with Gasteiger partial charge in [-0.2, -0.15) is 5.10 Å². The molecule has 2 heterocycles. The molecule has 0 atom stereocenters. The molecule has 0 saturated heterocycles. The van der Waals surface area contributed by atoms with Gasteiger partial charge in [0.15, 0.2) is 0 Å². The highest BCUT2D eigenvalue weighted by molar-refractivity contribution is 5.99. The second kappa shape index (κ2) is 3.57. The Balaban J connectivity index is 2.12. The summed E-state index contributed by atoms with van der Waals surface area (Å²) >= 11 is 0. The molecule has 1 aliphatic carbocycles. The van der Waals surface area contributed by atoms with Crippen LogP contribution >= 0.6 is 0 Å². The summed E-state index contributed by atoms with van der Waals surface area (Å²) in [5.41, 5.74) is 12.5. The van der Waals surface area contributed by atoms with E-state index in [9.17, 15) is 0 Å². The van der Waals surface area contributed by atoms with Crippen molar-refractivity contribution < 1.29 is 0 Å². The van der Waals surface area contributed by atoms with Crippen molar-refractivity contribution in [2.45, 2.75) is 12.8 Å². The molecule has 19 heavy (non-hydrogen) atoms. The number of nitrogens with two attached hydrogens (primary N) is 1. The highest BCUT2D eigenvalue weighted by atomic mass is 15.3. The monoisotopic (exact) mass is 250 g/mol. The van der Waals surface area contributed by atoms with Crippen LogP contribution in [-0.4, -0.2) is 14.8 Å². The van der Waals surface area contributed by atoms with E-state index in [2.05, 4.69) is 11.3 Å². The number of fused-ring (bicyclic) bond motifs is 4. The number of pyridine rings is 1. The minimum atomic E-state index is 0.806. The van der Waals surface area contributed by atoms with Crippen LogP contribution in [-0.2, 0) is 19.9 Å². The first kappa shape index (κ1) is 10.6. The van der Waals surface area contributed by atoms with Crippen molar-refractivity contribution in [1.82, 2.24) is 14.8 Å². The van der Waals surface area contributed by atoms with Gasteiger partial charge in [0.25, 0.3) is 0 Å². The van der Waals surface area contributed by atoms with Gasteiger partial charge in [-0.1, -0.05) is 18.2 Å². The van der Waals surface area contributed by atoms with Crippen molar-refractivity contribution in [2.24, 2.45) is 7.05 Å². The Bertz CT molecular complexity index is 801. The van der Waals surface area contributed by atoms with Crippen molar-refractivity contribution in [1.29, 1.82) is 0 Å². The molecule has 1 aromatic carbocycles. The Labute approximate surface area is 110 Å². The van der Waals surface area contributed by atoms with Crippen LogP contribution in [0.1, 0.15) is 11.3 Å². The second-order valence-electron chi connectivity index (χ2n) is 5.04. The fourth-order valence-corrected chi connectivity index (χ4v) is 2.92. The topological polar surface area (TPSA) is 56.7 Å². The van der Waals surface area contributed by atoms with E-state index in [1.165, 1.54) is 5.56 Å². The van der Waals surface area contributed by atoms with Crippen LogP contribution in [0.5, 0.6) is 0 Å². The molecule has 0 radical (unpaired) electrons. The predicted molar refractivity (Wildman–Crippen MR) is 75.8 cm³/mol. The van der Waals surface area contributed by atoms with Crippen molar-refractivity contribution in [3.8, 4) is 11.3 Å². The highest BCUT2D eigenvalue weighted by Gasteiger charge is 2.24. The highest BCUT2D eigenvalue weighted by Crippen LogP contribution is 2.38. The fraction of sp³-hybridized carbons (Fsp3) is 0.200. The van der Waals surface area contributed by atoms with Gasteiger partial charge < -0.3 is 5.73 Å². The summed E-state index contributed by atoms with van der Waals surface area (Å²) in [6.45, 7) is 0. The first-order chi connectivity index (χ1) is 9.24. The van der Waals surface area contributed by atoms with Crippen molar-refractivity contribution >= 4 is 16.6 Å². The Morgan fingerprint density at radius 1 is 1.21 bits per heavy atom. The maximum atomic E-state index is 6.37. The minimum Gasteiger partial charge on any atom is -0.398 e. The summed E-state index contributed by atoms with van der Waals surface area (Å²) in [4.78, 5) is 4.76. The smallest absolute Gasteiger partial charge is 0.0994 e. The van der Waals surface area contributed by atoms with E-state index in [1.54, 1.807) is 0 Å². The van der Waals surface area contributed by atoms with Crippen molar-refractivity contribution in [3.63, 3.8) is 0 Å². The van der Waals surface area contributed by atoms with E-state index >= 15 is 0 Å². The van der Waals surface area contributed by atoms with E-state index in [-0.39, 0.29) is 0 Å². The molecule has 0 unspecified atom stereocenters. The van der Waals surface area contributed by atoms with E-state index in [1.807, 2.05) is 36.0 Å². The van der Waals surface area contributed by atoms with E-state index in [4.69, 9.17) is 10.7 Å². The number of aryl methyl sites for hydroxylation is 3. The number of rotatable bonds is 0. The Hall–Kier alpha value is -2.36. The second-order valence-corrected chi connectivity index (χ2v) is 5.04. The SMILES string of the molecule is Cn1cc2c(n1)-c1c(nc3ccccc3c1N)CC2. The van der Waals surface area contributed by atoms with Gasteiger partial charge in [0.05, 0.1) is 22.6 Å². The lowest BCUT2D eigenvalue weighted by atomic mass is 9.91. The van der Waals surface area contributed by atoms with Crippen LogP contribution in [0, 0.1) is 0 Å². The molecule has 2 aromatic heterocycles. The van der Waals surface area contributed by atoms with Crippen LogP contribution < -0.4 is 5.73 Å². The van der Waals surface area contributed by atoms with Crippen LogP contribution in [0.2, 0.25) is 0 Å². The molecule has 94 valence electrons. The lowest BCUT2D eigenvalue weighted by molar-refractivity contribution is 0.770. The molecule has 0 amide bonds. The lowest BCUT2D eigenvalue weighted by Crippen LogP contribution is -2.08. The predicted octanol–water partition coefficient (Wildman–Crippen LogP) is 2.32. The van der Waals surface area contributed by atoms with Crippen LogP contribution in [0.4, 0.5) is 5.69 Å². The molecule has 3 aromatic rings. The third-order valence-corrected chi connectivity index (χ3v) is 3.78. The van der Waals surface area contributed by atoms with Crippen LogP contribution in [0.25, 0.3) is 22.2 Å². The van der Waals surface area contributed by atoms with Gasteiger partial charge in [-0.3, -0.25) is 9.67 Å².